The lowest BCUT2D eigenvalue weighted by Gasteiger charge is -2.09. The van der Waals surface area contributed by atoms with Gasteiger partial charge in [-0.15, -0.1) is 23.1 Å². The summed E-state index contributed by atoms with van der Waals surface area (Å²) < 4.78 is 0. The summed E-state index contributed by atoms with van der Waals surface area (Å²) in [5.41, 5.74) is 0.630. The molecular formula is C14H11NOS2. The van der Waals surface area contributed by atoms with Crippen molar-refractivity contribution in [1.82, 2.24) is 0 Å². The maximum absolute atomic E-state index is 12.4. The summed E-state index contributed by atoms with van der Waals surface area (Å²) in [6.45, 7) is 0. The van der Waals surface area contributed by atoms with Gasteiger partial charge < -0.3 is 0 Å². The lowest BCUT2D eigenvalue weighted by molar-refractivity contribution is 0.0977. The third kappa shape index (κ3) is 2.47. The van der Waals surface area contributed by atoms with Gasteiger partial charge in [-0.2, -0.15) is 5.26 Å². The van der Waals surface area contributed by atoms with Crippen molar-refractivity contribution in [2.45, 2.75) is 10.8 Å². The number of rotatable bonds is 4. The highest BCUT2D eigenvalue weighted by Crippen LogP contribution is 2.28. The first-order valence-corrected chi connectivity index (χ1v) is 7.48. The number of nitrogens with zero attached hydrogens (tertiary/aromatic N) is 1. The topological polar surface area (TPSA) is 40.9 Å². The van der Waals surface area contributed by atoms with Crippen LogP contribution in [0.15, 0.2) is 46.7 Å². The van der Waals surface area contributed by atoms with E-state index in [-0.39, 0.29) is 5.78 Å². The molecule has 1 unspecified atom stereocenters. The number of ketones is 1. The lowest BCUT2D eigenvalue weighted by Crippen LogP contribution is -2.11. The van der Waals surface area contributed by atoms with Gasteiger partial charge in [0.15, 0.2) is 5.78 Å². The van der Waals surface area contributed by atoms with Crippen LogP contribution in [0.3, 0.4) is 0 Å². The largest absolute Gasteiger partial charge is 0.292 e. The number of thioether (sulfide) groups is 1. The number of thiophene rings is 1. The smallest absolute Gasteiger partial charge is 0.186 e. The van der Waals surface area contributed by atoms with E-state index in [2.05, 4.69) is 6.07 Å². The molecule has 18 heavy (non-hydrogen) atoms. The third-order valence-corrected chi connectivity index (χ3v) is 4.32. The Labute approximate surface area is 114 Å². The fraction of sp³-hybridized carbons (Fsp3) is 0.143. The number of hydrogen-bond acceptors (Lipinski definition) is 4. The number of carbonyl (C=O) groups is 1. The lowest BCUT2D eigenvalue weighted by atomic mass is 9.97. The Kier molecular flexibility index (Phi) is 4.19. The molecule has 90 valence electrons. The zero-order valence-electron chi connectivity index (χ0n) is 9.79. The fourth-order valence-electron chi connectivity index (χ4n) is 1.71. The molecule has 2 nitrogen and oxygen atoms in total. The fourth-order valence-corrected chi connectivity index (χ4v) is 3.08. The van der Waals surface area contributed by atoms with Crippen LogP contribution in [-0.4, -0.2) is 12.0 Å². The second-order valence-corrected chi connectivity index (χ2v) is 5.47. The molecule has 2 aromatic rings. The summed E-state index contributed by atoms with van der Waals surface area (Å²) in [5.74, 6) is -0.816. The van der Waals surface area contributed by atoms with Crippen LogP contribution in [0.5, 0.6) is 0 Å². The monoisotopic (exact) mass is 273 g/mol. The molecule has 0 radical (unpaired) electrons. The molecule has 2 rings (SSSR count). The van der Waals surface area contributed by atoms with E-state index in [0.717, 1.165) is 9.77 Å². The minimum atomic E-state index is -0.696. The van der Waals surface area contributed by atoms with Crippen molar-refractivity contribution in [1.29, 1.82) is 5.26 Å². The highest BCUT2D eigenvalue weighted by molar-refractivity contribution is 7.98. The zero-order chi connectivity index (χ0) is 13.0. The van der Waals surface area contributed by atoms with Crippen LogP contribution >= 0.6 is 23.1 Å². The standard InChI is InChI=1S/C14H11NOS2/c1-17-12-6-3-2-5-10(12)14(16)11(9-15)13-7-4-8-18-13/h2-8,11H,1H3. The summed E-state index contributed by atoms with van der Waals surface area (Å²) in [5, 5.41) is 11.1. The predicted octanol–water partition coefficient (Wildman–Crippen LogP) is 3.96. The van der Waals surface area contributed by atoms with E-state index < -0.39 is 5.92 Å². The van der Waals surface area contributed by atoms with Crippen LogP contribution in [0.2, 0.25) is 0 Å². The van der Waals surface area contributed by atoms with Gasteiger partial charge in [0.1, 0.15) is 5.92 Å². The Bertz CT molecular complexity index is 584. The Morgan fingerprint density at radius 3 is 2.72 bits per heavy atom. The molecule has 0 saturated carbocycles. The molecule has 4 heteroatoms. The molecule has 1 aromatic heterocycles. The molecule has 1 atom stereocenters. The van der Waals surface area contributed by atoms with Crippen LogP contribution in [-0.2, 0) is 0 Å². The molecule has 0 N–H and O–H groups in total. The molecule has 0 bridgehead atoms. The molecule has 1 heterocycles. The Morgan fingerprint density at radius 1 is 1.33 bits per heavy atom. The molecule has 1 aromatic carbocycles. The third-order valence-electron chi connectivity index (χ3n) is 2.59. The van der Waals surface area contributed by atoms with Crippen LogP contribution in [0.4, 0.5) is 0 Å². The SMILES string of the molecule is CSc1ccccc1C(=O)C(C#N)c1cccs1. The van der Waals surface area contributed by atoms with Crippen molar-refractivity contribution in [2.24, 2.45) is 0 Å². The van der Waals surface area contributed by atoms with Crippen molar-refractivity contribution in [3.63, 3.8) is 0 Å². The van der Waals surface area contributed by atoms with Gasteiger partial charge in [0.2, 0.25) is 0 Å². The number of Topliss-reactive ketones (excluding diaryl/α,β-unsaturated/α-hetero) is 1. The predicted molar refractivity (Wildman–Crippen MR) is 75.2 cm³/mol. The van der Waals surface area contributed by atoms with E-state index in [4.69, 9.17) is 0 Å². The highest BCUT2D eigenvalue weighted by atomic mass is 32.2. The van der Waals surface area contributed by atoms with Crippen LogP contribution < -0.4 is 0 Å². The average Bonchev–Trinajstić information content (AvgIpc) is 2.93. The minimum absolute atomic E-state index is 0.120. The molecule has 0 spiro atoms. The van der Waals surface area contributed by atoms with Crippen LogP contribution in [0, 0.1) is 11.3 Å². The number of carbonyl (C=O) groups excluding carboxylic acids is 1. The molecule has 0 aliphatic rings. The molecule has 0 aliphatic heterocycles. The van der Waals surface area contributed by atoms with Crippen molar-refractivity contribution >= 4 is 28.9 Å². The van der Waals surface area contributed by atoms with E-state index in [1.54, 1.807) is 6.07 Å². The number of hydrogen-bond donors (Lipinski definition) is 0. The average molecular weight is 273 g/mol. The van der Waals surface area contributed by atoms with E-state index >= 15 is 0 Å². The Balaban J connectivity index is 2.39. The van der Waals surface area contributed by atoms with Gasteiger partial charge >= 0.3 is 0 Å². The summed E-state index contributed by atoms with van der Waals surface area (Å²) in [7, 11) is 0. The van der Waals surface area contributed by atoms with E-state index in [9.17, 15) is 10.1 Å². The highest BCUT2D eigenvalue weighted by Gasteiger charge is 2.24. The van der Waals surface area contributed by atoms with Gasteiger partial charge in [0, 0.05) is 15.3 Å². The Morgan fingerprint density at radius 2 is 2.11 bits per heavy atom. The van der Waals surface area contributed by atoms with Gasteiger partial charge in [-0.1, -0.05) is 24.3 Å². The van der Waals surface area contributed by atoms with E-state index in [1.165, 1.54) is 23.1 Å². The second kappa shape index (κ2) is 5.85. The first-order valence-electron chi connectivity index (χ1n) is 5.38. The number of benzene rings is 1. The van der Waals surface area contributed by atoms with Crippen LogP contribution in [0.25, 0.3) is 0 Å². The second-order valence-electron chi connectivity index (χ2n) is 3.64. The molecule has 0 fully saturated rings. The van der Waals surface area contributed by atoms with Crippen LogP contribution in [0.1, 0.15) is 21.2 Å². The summed E-state index contributed by atoms with van der Waals surface area (Å²) in [6.07, 6.45) is 1.93. The number of nitriles is 1. The van der Waals surface area contributed by atoms with Gasteiger partial charge in [-0.3, -0.25) is 4.79 Å². The minimum Gasteiger partial charge on any atom is -0.292 e. The van der Waals surface area contributed by atoms with Gasteiger partial charge in [-0.25, -0.2) is 0 Å². The maximum Gasteiger partial charge on any atom is 0.186 e. The zero-order valence-corrected chi connectivity index (χ0v) is 11.4. The van der Waals surface area contributed by atoms with Gasteiger partial charge in [-0.05, 0) is 23.8 Å². The molecular weight excluding hydrogens is 262 g/mol. The molecule has 0 aliphatic carbocycles. The first kappa shape index (κ1) is 12.9. The Hall–Kier alpha value is -1.57. The molecule has 0 saturated heterocycles. The summed E-state index contributed by atoms with van der Waals surface area (Å²) in [4.78, 5) is 14.1. The van der Waals surface area contributed by atoms with Gasteiger partial charge in [0.05, 0.1) is 6.07 Å². The molecule has 0 amide bonds. The normalized spacial score (nSPS) is 11.8. The van der Waals surface area contributed by atoms with Crippen molar-refractivity contribution in [3.05, 3.63) is 52.2 Å². The van der Waals surface area contributed by atoms with E-state index in [0.29, 0.717) is 5.56 Å². The van der Waals surface area contributed by atoms with Crippen molar-refractivity contribution in [2.75, 3.05) is 6.26 Å². The van der Waals surface area contributed by atoms with Crippen molar-refractivity contribution in [3.8, 4) is 6.07 Å². The summed E-state index contributed by atoms with van der Waals surface area (Å²) >= 11 is 2.96. The first-order chi connectivity index (χ1) is 8.77. The summed E-state index contributed by atoms with van der Waals surface area (Å²) in [6, 6.07) is 13.2. The quantitative estimate of drug-likeness (QED) is 0.625. The van der Waals surface area contributed by atoms with Gasteiger partial charge in [0.25, 0.3) is 0 Å². The van der Waals surface area contributed by atoms with E-state index in [1.807, 2.05) is 42.0 Å². The maximum atomic E-state index is 12.4. The van der Waals surface area contributed by atoms with Crippen molar-refractivity contribution < 1.29 is 4.79 Å².